The molecule has 1 aromatic heterocycles. The smallest absolute Gasteiger partial charge is 0.323 e. The maximum atomic E-state index is 11.9. The SMILES string of the molecule is CCc1c(CCN2CCC2C(=O)OC)cccc1-c1nnc(-c2ccc(CC(C)C)c(C#N)c2)s1. The molecular formula is C28H32N4O2S. The van der Waals surface area contributed by atoms with Gasteiger partial charge in [-0.3, -0.25) is 9.69 Å². The zero-order valence-corrected chi connectivity index (χ0v) is 21.7. The molecule has 2 heterocycles. The third-order valence-electron chi connectivity index (χ3n) is 6.66. The fraction of sp³-hybridized carbons (Fsp3) is 0.429. The van der Waals surface area contributed by atoms with Crippen LogP contribution in [0.25, 0.3) is 21.1 Å². The predicted molar refractivity (Wildman–Crippen MR) is 139 cm³/mol. The maximum Gasteiger partial charge on any atom is 0.323 e. The van der Waals surface area contributed by atoms with Crippen molar-refractivity contribution in [1.82, 2.24) is 15.1 Å². The Kier molecular flexibility index (Phi) is 7.94. The third kappa shape index (κ3) is 5.44. The number of methoxy groups -OCH3 is 1. The fourth-order valence-electron chi connectivity index (χ4n) is 4.74. The van der Waals surface area contributed by atoms with Crippen molar-refractivity contribution in [3.8, 4) is 27.2 Å². The van der Waals surface area contributed by atoms with E-state index in [2.05, 4.69) is 60.1 Å². The van der Waals surface area contributed by atoms with Gasteiger partial charge in [0, 0.05) is 24.2 Å². The van der Waals surface area contributed by atoms with Gasteiger partial charge < -0.3 is 4.74 Å². The van der Waals surface area contributed by atoms with Crippen LogP contribution >= 0.6 is 11.3 Å². The van der Waals surface area contributed by atoms with Gasteiger partial charge in [0.1, 0.15) is 16.1 Å². The molecule has 1 aliphatic heterocycles. The minimum atomic E-state index is -0.140. The molecule has 0 radical (unpaired) electrons. The third-order valence-corrected chi connectivity index (χ3v) is 7.67. The van der Waals surface area contributed by atoms with Gasteiger partial charge in [-0.2, -0.15) is 5.26 Å². The number of ether oxygens (including phenoxy) is 1. The molecule has 0 N–H and O–H groups in total. The van der Waals surface area contributed by atoms with E-state index < -0.39 is 0 Å². The number of carbonyl (C=O) groups excluding carboxylic acids is 1. The van der Waals surface area contributed by atoms with Crippen LogP contribution in [0.5, 0.6) is 0 Å². The van der Waals surface area contributed by atoms with Crippen LogP contribution in [-0.2, 0) is 28.8 Å². The van der Waals surface area contributed by atoms with Crippen LogP contribution < -0.4 is 0 Å². The topological polar surface area (TPSA) is 79.1 Å². The first-order valence-corrected chi connectivity index (χ1v) is 13.1. The van der Waals surface area contributed by atoms with Crippen molar-refractivity contribution in [3.63, 3.8) is 0 Å². The monoisotopic (exact) mass is 488 g/mol. The lowest BCUT2D eigenvalue weighted by Gasteiger charge is -2.38. The molecule has 6 nitrogen and oxygen atoms in total. The summed E-state index contributed by atoms with van der Waals surface area (Å²) in [5.41, 5.74) is 6.38. The van der Waals surface area contributed by atoms with E-state index in [0.29, 0.717) is 11.5 Å². The molecule has 182 valence electrons. The summed E-state index contributed by atoms with van der Waals surface area (Å²) in [4.78, 5) is 14.1. The van der Waals surface area contributed by atoms with Crippen molar-refractivity contribution in [2.24, 2.45) is 5.92 Å². The Bertz CT molecular complexity index is 1240. The van der Waals surface area contributed by atoms with E-state index in [9.17, 15) is 10.1 Å². The number of hydrogen-bond donors (Lipinski definition) is 0. The van der Waals surface area contributed by atoms with Crippen LogP contribution in [0.1, 0.15) is 49.4 Å². The molecule has 3 aromatic rings. The van der Waals surface area contributed by atoms with Crippen LogP contribution in [0, 0.1) is 17.2 Å². The summed E-state index contributed by atoms with van der Waals surface area (Å²) in [7, 11) is 1.45. The summed E-state index contributed by atoms with van der Waals surface area (Å²) >= 11 is 1.56. The number of carbonyl (C=O) groups is 1. The van der Waals surface area contributed by atoms with Crippen LogP contribution in [0.3, 0.4) is 0 Å². The Morgan fingerprint density at radius 2 is 2.03 bits per heavy atom. The first kappa shape index (κ1) is 25.0. The van der Waals surface area contributed by atoms with Gasteiger partial charge in [-0.25, -0.2) is 0 Å². The van der Waals surface area contributed by atoms with Gasteiger partial charge in [-0.1, -0.05) is 62.4 Å². The van der Waals surface area contributed by atoms with Crippen molar-refractivity contribution >= 4 is 17.3 Å². The van der Waals surface area contributed by atoms with E-state index in [1.807, 2.05) is 18.2 Å². The number of nitriles is 1. The highest BCUT2D eigenvalue weighted by atomic mass is 32.1. The Hall–Kier alpha value is -3.08. The Labute approximate surface area is 211 Å². The second kappa shape index (κ2) is 11.1. The van der Waals surface area contributed by atoms with E-state index >= 15 is 0 Å². The molecule has 1 unspecified atom stereocenters. The van der Waals surface area contributed by atoms with Crippen molar-refractivity contribution in [3.05, 3.63) is 58.7 Å². The molecule has 0 bridgehead atoms. The van der Waals surface area contributed by atoms with Gasteiger partial charge >= 0.3 is 5.97 Å². The molecule has 0 spiro atoms. The zero-order chi connectivity index (χ0) is 24.9. The summed E-state index contributed by atoms with van der Waals surface area (Å²) in [5.74, 6) is 0.354. The number of hydrogen-bond acceptors (Lipinski definition) is 7. The molecule has 0 saturated carbocycles. The average molecular weight is 489 g/mol. The van der Waals surface area contributed by atoms with Crippen molar-refractivity contribution < 1.29 is 9.53 Å². The minimum absolute atomic E-state index is 0.107. The predicted octanol–water partition coefficient (Wildman–Crippen LogP) is 5.29. The lowest BCUT2D eigenvalue weighted by Crippen LogP contribution is -2.53. The summed E-state index contributed by atoms with van der Waals surface area (Å²) in [5, 5.41) is 20.3. The molecule has 1 fully saturated rings. The van der Waals surface area contributed by atoms with Gasteiger partial charge in [0.15, 0.2) is 0 Å². The molecule has 1 saturated heterocycles. The van der Waals surface area contributed by atoms with Crippen LogP contribution in [-0.4, -0.2) is 47.3 Å². The lowest BCUT2D eigenvalue weighted by molar-refractivity contribution is -0.151. The summed E-state index contributed by atoms with van der Waals surface area (Å²) in [6.45, 7) is 8.25. The number of aromatic nitrogens is 2. The maximum absolute atomic E-state index is 11.9. The van der Waals surface area contributed by atoms with E-state index in [4.69, 9.17) is 4.74 Å². The van der Waals surface area contributed by atoms with Gasteiger partial charge in [0.25, 0.3) is 0 Å². The highest BCUT2D eigenvalue weighted by Crippen LogP contribution is 2.34. The molecular weight excluding hydrogens is 456 g/mol. The Morgan fingerprint density at radius 1 is 1.23 bits per heavy atom. The number of esters is 1. The molecule has 0 amide bonds. The molecule has 1 aliphatic rings. The first-order chi connectivity index (χ1) is 16.9. The van der Waals surface area contributed by atoms with Crippen molar-refractivity contribution in [2.75, 3.05) is 20.2 Å². The standard InChI is InChI=1S/C28H32N4O2S/c1-5-23-19(11-13-32-14-12-25(32)28(33)34-4)7-6-8-24(23)27-31-30-26(35-27)21-10-9-20(15-18(2)3)22(16-21)17-29/h6-10,16,18,25H,5,11-15H2,1-4H3. The second-order valence-corrected chi connectivity index (χ2v) is 10.4. The van der Waals surface area contributed by atoms with Gasteiger partial charge in [-0.05, 0) is 54.4 Å². The van der Waals surface area contributed by atoms with E-state index in [0.717, 1.165) is 65.5 Å². The van der Waals surface area contributed by atoms with Crippen LogP contribution in [0.4, 0.5) is 0 Å². The highest BCUT2D eigenvalue weighted by Gasteiger charge is 2.34. The number of benzene rings is 2. The molecule has 2 aromatic carbocycles. The highest BCUT2D eigenvalue weighted by molar-refractivity contribution is 7.17. The van der Waals surface area contributed by atoms with Crippen molar-refractivity contribution in [1.29, 1.82) is 5.26 Å². The Balaban J connectivity index is 1.55. The van der Waals surface area contributed by atoms with E-state index in [-0.39, 0.29) is 12.0 Å². The number of rotatable bonds is 9. The average Bonchev–Trinajstić information content (AvgIpc) is 3.33. The minimum Gasteiger partial charge on any atom is -0.468 e. The summed E-state index contributed by atoms with van der Waals surface area (Å²) in [6, 6.07) is 14.6. The van der Waals surface area contributed by atoms with Crippen molar-refractivity contribution in [2.45, 2.75) is 52.5 Å². The molecule has 1 atom stereocenters. The van der Waals surface area contributed by atoms with Gasteiger partial charge in [-0.15, -0.1) is 10.2 Å². The number of nitrogens with zero attached hydrogens (tertiary/aromatic N) is 4. The van der Waals surface area contributed by atoms with Crippen LogP contribution in [0.2, 0.25) is 0 Å². The molecule has 0 aliphatic carbocycles. The van der Waals surface area contributed by atoms with Gasteiger partial charge in [0.05, 0.1) is 18.7 Å². The Morgan fingerprint density at radius 3 is 2.69 bits per heavy atom. The fourth-order valence-corrected chi connectivity index (χ4v) is 5.63. The molecule has 7 heteroatoms. The largest absolute Gasteiger partial charge is 0.468 e. The first-order valence-electron chi connectivity index (χ1n) is 12.2. The number of likely N-dealkylation sites (tertiary alicyclic amines) is 1. The second-order valence-electron chi connectivity index (χ2n) is 9.40. The quantitative estimate of drug-likeness (QED) is 0.381. The lowest BCUT2D eigenvalue weighted by atomic mass is 9.95. The van der Waals surface area contributed by atoms with E-state index in [1.165, 1.54) is 18.2 Å². The zero-order valence-electron chi connectivity index (χ0n) is 20.9. The van der Waals surface area contributed by atoms with Gasteiger partial charge in [0.2, 0.25) is 0 Å². The van der Waals surface area contributed by atoms with Crippen LogP contribution in [0.15, 0.2) is 36.4 Å². The molecule has 35 heavy (non-hydrogen) atoms. The molecule has 4 rings (SSSR count). The summed E-state index contributed by atoms with van der Waals surface area (Å²) in [6.07, 6.45) is 3.52. The van der Waals surface area contributed by atoms with E-state index in [1.54, 1.807) is 11.3 Å². The summed E-state index contributed by atoms with van der Waals surface area (Å²) < 4.78 is 4.92. The normalized spacial score (nSPS) is 15.6.